The van der Waals surface area contributed by atoms with E-state index in [-0.39, 0.29) is 12.4 Å². The number of nitrogens with zero attached hydrogens (tertiary/aromatic N) is 1. The second-order valence-corrected chi connectivity index (χ2v) is 1.47. The lowest BCUT2D eigenvalue weighted by Crippen LogP contribution is -1.53. The Labute approximate surface area is 53.1 Å². The van der Waals surface area contributed by atoms with Crippen molar-refractivity contribution in [3.05, 3.63) is 12.4 Å². The predicted octanol–water partition coefficient (Wildman–Crippen LogP) is 1.12. The van der Waals surface area contributed by atoms with Crippen LogP contribution in [0.4, 0.5) is 0 Å². The third kappa shape index (κ3) is 1.85. The number of aromatic amines is 1. The summed E-state index contributed by atoms with van der Waals surface area (Å²) < 4.78 is 0. The summed E-state index contributed by atoms with van der Waals surface area (Å²) in [6.07, 6.45) is 3.35. The molecule has 0 fully saturated rings. The zero-order valence-corrected chi connectivity index (χ0v) is 5.17. The van der Waals surface area contributed by atoms with Crippen molar-refractivity contribution in [2.45, 2.75) is 4.90 Å². The van der Waals surface area contributed by atoms with E-state index in [2.05, 4.69) is 22.8 Å². The van der Waals surface area contributed by atoms with Gasteiger partial charge in [0.2, 0.25) is 0 Å². The molecule has 0 atom stereocenters. The first-order valence-electron chi connectivity index (χ1n) is 1.57. The maximum absolute atomic E-state index is 3.94. The zero-order valence-electron chi connectivity index (χ0n) is 3.46. The average molecular weight is 137 g/mol. The molecule has 1 heterocycles. The molecule has 1 rings (SSSR count). The van der Waals surface area contributed by atoms with Crippen molar-refractivity contribution in [2.24, 2.45) is 0 Å². The molecule has 40 valence electrons. The fourth-order valence-electron chi connectivity index (χ4n) is 0.244. The number of aromatic nitrogens is 2. The van der Waals surface area contributed by atoms with E-state index in [0.29, 0.717) is 0 Å². The van der Waals surface area contributed by atoms with Crippen LogP contribution in [0, 0.1) is 0 Å². The smallest absolute Gasteiger partial charge is 0.0620 e. The van der Waals surface area contributed by atoms with Crippen LogP contribution in [0.3, 0.4) is 0 Å². The highest BCUT2D eigenvalue weighted by atomic mass is 35.5. The van der Waals surface area contributed by atoms with Crippen LogP contribution in [0.1, 0.15) is 0 Å². The number of rotatable bonds is 0. The molecule has 0 saturated heterocycles. The Balaban J connectivity index is 0.000000360. The lowest BCUT2D eigenvalue weighted by Gasteiger charge is -1.62. The largest absolute Gasteiger partial charge is 0.285 e. The predicted molar refractivity (Wildman–Crippen MR) is 33.1 cm³/mol. The number of nitrogens with one attached hydrogen (secondary N) is 1. The topological polar surface area (TPSA) is 28.7 Å². The van der Waals surface area contributed by atoms with Crippen LogP contribution in [0.2, 0.25) is 0 Å². The molecular weight excluding hydrogens is 132 g/mol. The van der Waals surface area contributed by atoms with Crippen LogP contribution < -0.4 is 0 Å². The summed E-state index contributed by atoms with van der Waals surface area (Å²) in [4.78, 5) is 0.870. The molecule has 0 aromatic carbocycles. The summed E-state index contributed by atoms with van der Waals surface area (Å²) in [5, 5.41) is 6.22. The molecule has 1 aromatic heterocycles. The average Bonchev–Trinajstić information content (AvgIpc) is 1.86. The van der Waals surface area contributed by atoms with E-state index < -0.39 is 0 Å². The first-order valence-corrected chi connectivity index (χ1v) is 2.02. The molecule has 0 radical (unpaired) electrons. The quantitative estimate of drug-likeness (QED) is 0.515. The summed E-state index contributed by atoms with van der Waals surface area (Å²) in [5.41, 5.74) is 0. The van der Waals surface area contributed by atoms with Gasteiger partial charge in [-0.1, -0.05) is 0 Å². The van der Waals surface area contributed by atoms with Crippen molar-refractivity contribution in [1.82, 2.24) is 10.2 Å². The van der Waals surface area contributed by atoms with Crippen molar-refractivity contribution in [3.8, 4) is 0 Å². The van der Waals surface area contributed by atoms with E-state index in [1.807, 2.05) is 0 Å². The minimum atomic E-state index is 0. The van der Waals surface area contributed by atoms with E-state index >= 15 is 0 Å². The molecule has 0 amide bonds. The van der Waals surface area contributed by atoms with Gasteiger partial charge in [-0.3, -0.25) is 5.10 Å². The van der Waals surface area contributed by atoms with Crippen LogP contribution in [0.5, 0.6) is 0 Å². The fraction of sp³-hybridized carbons (Fsp3) is 0. The van der Waals surface area contributed by atoms with Gasteiger partial charge in [0.1, 0.15) is 0 Å². The summed E-state index contributed by atoms with van der Waals surface area (Å²) in [5.74, 6) is 0. The van der Waals surface area contributed by atoms with Gasteiger partial charge >= 0.3 is 0 Å². The summed E-state index contributed by atoms with van der Waals surface area (Å²) in [6, 6.07) is 0. The third-order valence-electron chi connectivity index (χ3n) is 0.484. The zero-order chi connectivity index (χ0) is 4.41. The molecule has 0 aliphatic heterocycles. The third-order valence-corrected chi connectivity index (χ3v) is 0.728. The Bertz CT molecular complexity index is 116. The molecule has 0 saturated carbocycles. The Hall–Kier alpha value is -0.150. The van der Waals surface area contributed by atoms with Gasteiger partial charge in [-0.2, -0.15) is 5.10 Å². The van der Waals surface area contributed by atoms with Gasteiger partial charge in [-0.15, -0.1) is 25.0 Å². The Morgan fingerprint density at radius 3 is 2.57 bits per heavy atom. The van der Waals surface area contributed by atoms with E-state index in [9.17, 15) is 0 Å². The number of H-pyrrole nitrogens is 1. The number of thiol groups is 1. The first-order chi connectivity index (χ1) is 2.89. The molecule has 7 heavy (non-hydrogen) atoms. The summed E-state index contributed by atoms with van der Waals surface area (Å²) in [6.45, 7) is 0. The Kier molecular flexibility index (Phi) is 2.87. The van der Waals surface area contributed by atoms with E-state index in [1.165, 1.54) is 0 Å². The molecule has 1 aromatic rings. The van der Waals surface area contributed by atoms with Crippen LogP contribution in [-0.4, -0.2) is 10.2 Å². The van der Waals surface area contributed by atoms with Crippen LogP contribution in [0.15, 0.2) is 17.3 Å². The summed E-state index contributed by atoms with van der Waals surface area (Å²) in [7, 11) is 0. The van der Waals surface area contributed by atoms with Gasteiger partial charge in [0.25, 0.3) is 0 Å². The van der Waals surface area contributed by atoms with Crippen molar-refractivity contribution in [3.63, 3.8) is 0 Å². The fourth-order valence-corrected chi connectivity index (χ4v) is 0.360. The molecule has 0 aliphatic carbocycles. The highest BCUT2D eigenvalue weighted by Crippen LogP contribution is 1.95. The standard InChI is InChI=1S/C3H4N2S.ClH/c6-3-1-4-5-2-3;/h1-2,6H,(H,4,5);1H. The van der Waals surface area contributed by atoms with Gasteiger partial charge < -0.3 is 0 Å². The monoisotopic (exact) mass is 136 g/mol. The van der Waals surface area contributed by atoms with Gasteiger partial charge in [-0.05, 0) is 0 Å². The molecule has 2 nitrogen and oxygen atoms in total. The summed E-state index contributed by atoms with van der Waals surface area (Å²) >= 11 is 3.94. The van der Waals surface area contributed by atoms with Crippen molar-refractivity contribution >= 4 is 25.0 Å². The SMILES string of the molecule is Cl.Sc1cn[nH]c1. The first kappa shape index (κ1) is 6.85. The lowest BCUT2D eigenvalue weighted by atomic mass is 10.8. The maximum atomic E-state index is 3.94. The van der Waals surface area contributed by atoms with Gasteiger partial charge in [0.15, 0.2) is 0 Å². The molecule has 4 heteroatoms. The minimum Gasteiger partial charge on any atom is -0.285 e. The number of halogens is 1. The van der Waals surface area contributed by atoms with Crippen LogP contribution in [0.25, 0.3) is 0 Å². The van der Waals surface area contributed by atoms with Crippen molar-refractivity contribution in [2.75, 3.05) is 0 Å². The van der Waals surface area contributed by atoms with Crippen LogP contribution >= 0.6 is 25.0 Å². The molecule has 0 unspecified atom stereocenters. The molecule has 0 bridgehead atoms. The maximum Gasteiger partial charge on any atom is 0.0620 e. The molecular formula is C3H5ClN2S. The van der Waals surface area contributed by atoms with Crippen LogP contribution in [-0.2, 0) is 0 Å². The second-order valence-electron chi connectivity index (χ2n) is 0.957. The van der Waals surface area contributed by atoms with Gasteiger partial charge in [0, 0.05) is 11.1 Å². The number of hydrogen-bond donors (Lipinski definition) is 2. The molecule has 0 aliphatic rings. The minimum absolute atomic E-state index is 0. The second kappa shape index (κ2) is 2.93. The van der Waals surface area contributed by atoms with E-state index in [4.69, 9.17) is 0 Å². The van der Waals surface area contributed by atoms with Gasteiger partial charge in [-0.25, -0.2) is 0 Å². The van der Waals surface area contributed by atoms with E-state index in [1.54, 1.807) is 12.4 Å². The van der Waals surface area contributed by atoms with E-state index in [0.717, 1.165) is 4.90 Å². The Morgan fingerprint density at radius 1 is 1.71 bits per heavy atom. The van der Waals surface area contributed by atoms with Gasteiger partial charge in [0.05, 0.1) is 6.20 Å². The Morgan fingerprint density at radius 2 is 2.43 bits per heavy atom. The van der Waals surface area contributed by atoms with Crippen molar-refractivity contribution in [1.29, 1.82) is 0 Å². The number of hydrogen-bond acceptors (Lipinski definition) is 2. The molecule has 0 spiro atoms. The van der Waals surface area contributed by atoms with Crippen molar-refractivity contribution < 1.29 is 0 Å². The normalized spacial score (nSPS) is 7.57. The molecule has 1 N–H and O–H groups in total. The highest BCUT2D eigenvalue weighted by molar-refractivity contribution is 7.80. The lowest BCUT2D eigenvalue weighted by molar-refractivity contribution is 1.09. The highest BCUT2D eigenvalue weighted by Gasteiger charge is 1.75.